The summed E-state index contributed by atoms with van der Waals surface area (Å²) in [5.41, 5.74) is 0.952. The van der Waals surface area contributed by atoms with Crippen molar-refractivity contribution < 1.29 is 30.8 Å². The molecule has 1 aromatic heterocycles. The summed E-state index contributed by atoms with van der Waals surface area (Å²) >= 11 is 0. The van der Waals surface area contributed by atoms with E-state index in [1.54, 1.807) is 12.1 Å². The van der Waals surface area contributed by atoms with Gasteiger partial charge in [-0.2, -0.15) is 0 Å². The number of non-ortho nitro benzene ring substituents is 1. The van der Waals surface area contributed by atoms with Gasteiger partial charge < -0.3 is 25.9 Å². The van der Waals surface area contributed by atoms with E-state index in [1.165, 1.54) is 12.1 Å². The molecule has 0 saturated carbocycles. The minimum atomic E-state index is -0.396. The van der Waals surface area contributed by atoms with Crippen molar-refractivity contribution in [3.63, 3.8) is 0 Å². The molecule has 0 aliphatic carbocycles. The van der Waals surface area contributed by atoms with E-state index in [1.807, 2.05) is 12.1 Å². The Kier molecular flexibility index (Phi) is 6.97. The molecule has 126 valence electrons. The Labute approximate surface area is 147 Å². The highest BCUT2D eigenvalue weighted by Crippen LogP contribution is 2.26. The van der Waals surface area contributed by atoms with E-state index in [4.69, 9.17) is 4.42 Å². The number of benzene rings is 1. The average molecular weight is 383 g/mol. The van der Waals surface area contributed by atoms with Gasteiger partial charge in [0, 0.05) is 17.7 Å². The van der Waals surface area contributed by atoms with Crippen molar-refractivity contribution in [2.24, 2.45) is 0 Å². The number of rotatable bonds is 7. The molecule has 0 atom stereocenters. The van der Waals surface area contributed by atoms with Crippen LogP contribution in [0.1, 0.15) is 26.5 Å². The van der Waals surface area contributed by atoms with Crippen LogP contribution in [0.25, 0.3) is 11.3 Å². The van der Waals surface area contributed by atoms with Gasteiger partial charge in [0.25, 0.3) is 5.69 Å². The summed E-state index contributed by atoms with van der Waals surface area (Å²) in [7, 11) is 0. The molecule has 0 radical (unpaired) electrons. The Morgan fingerprint density at radius 1 is 1.00 bits per heavy atom. The van der Waals surface area contributed by atoms with Gasteiger partial charge in [-0.15, -0.1) is 0 Å². The molecule has 0 saturated heterocycles. The van der Waals surface area contributed by atoms with Crippen molar-refractivity contribution in [1.29, 1.82) is 0 Å². The molecule has 0 spiro atoms. The molecule has 0 unspecified atom stereocenters. The Bertz CT molecular complexity index is 625. The quantitative estimate of drug-likeness (QED) is 0.411. The van der Waals surface area contributed by atoms with Gasteiger partial charge in [0.2, 0.25) is 0 Å². The van der Waals surface area contributed by atoms with Crippen LogP contribution in [0.2, 0.25) is 0 Å². The SMILES string of the molecule is CC[N+](CC)(CC)Cc1ccc(-c2ccc([N+](=O)[O-])cc2)o1.[Br-]. The van der Waals surface area contributed by atoms with E-state index < -0.39 is 4.92 Å². The first-order valence-corrected chi connectivity index (χ1v) is 7.72. The van der Waals surface area contributed by atoms with Gasteiger partial charge in [-0.1, -0.05) is 0 Å². The molecule has 0 aliphatic heterocycles. The Hall–Kier alpha value is -1.66. The van der Waals surface area contributed by atoms with E-state index in [0.29, 0.717) is 0 Å². The van der Waals surface area contributed by atoms with Crippen LogP contribution in [0.4, 0.5) is 5.69 Å². The van der Waals surface area contributed by atoms with E-state index in [9.17, 15) is 10.1 Å². The zero-order valence-electron chi connectivity index (χ0n) is 13.8. The van der Waals surface area contributed by atoms with Gasteiger partial charge in [-0.05, 0) is 45.0 Å². The van der Waals surface area contributed by atoms with Crippen molar-refractivity contribution in [3.05, 3.63) is 52.3 Å². The number of nitrogens with zero attached hydrogens (tertiary/aromatic N) is 2. The van der Waals surface area contributed by atoms with E-state index in [-0.39, 0.29) is 22.7 Å². The summed E-state index contributed by atoms with van der Waals surface area (Å²) in [4.78, 5) is 10.3. The van der Waals surface area contributed by atoms with Gasteiger partial charge in [-0.3, -0.25) is 10.1 Å². The number of nitro groups is 1. The fraction of sp³-hybridized carbons (Fsp3) is 0.412. The van der Waals surface area contributed by atoms with Crippen molar-refractivity contribution >= 4 is 5.69 Å². The molecular weight excluding hydrogens is 360 g/mol. The Morgan fingerprint density at radius 3 is 2.04 bits per heavy atom. The van der Waals surface area contributed by atoms with Crippen LogP contribution in [0, 0.1) is 10.1 Å². The van der Waals surface area contributed by atoms with Crippen molar-refractivity contribution in [2.45, 2.75) is 27.3 Å². The predicted octanol–water partition coefficient (Wildman–Crippen LogP) is 1.24. The first kappa shape index (κ1) is 19.4. The molecule has 0 bridgehead atoms. The average Bonchev–Trinajstić information content (AvgIpc) is 3.01. The molecular formula is C17H23BrN2O3. The number of hydrogen-bond donors (Lipinski definition) is 0. The lowest BCUT2D eigenvalue weighted by molar-refractivity contribution is -0.936. The molecule has 1 heterocycles. The van der Waals surface area contributed by atoms with Gasteiger partial charge in [0.15, 0.2) is 5.76 Å². The first-order valence-electron chi connectivity index (χ1n) is 7.72. The van der Waals surface area contributed by atoms with E-state index in [2.05, 4.69) is 20.8 Å². The summed E-state index contributed by atoms with van der Waals surface area (Å²) in [5, 5.41) is 10.7. The van der Waals surface area contributed by atoms with Crippen LogP contribution in [0.15, 0.2) is 40.8 Å². The highest BCUT2D eigenvalue weighted by molar-refractivity contribution is 5.59. The molecule has 2 aromatic rings. The molecule has 5 nitrogen and oxygen atoms in total. The van der Waals surface area contributed by atoms with Crippen LogP contribution in [-0.4, -0.2) is 29.0 Å². The molecule has 0 fully saturated rings. The molecule has 6 heteroatoms. The number of halogens is 1. The maximum absolute atomic E-state index is 10.7. The third-order valence-corrected chi connectivity index (χ3v) is 4.53. The standard InChI is InChI=1S/C17H23N2O3.BrH/c1-4-19(5-2,6-3)13-16-11-12-17(22-16)14-7-9-15(10-8-14)18(20)21;/h7-12H,4-6,13H2,1-3H3;1H/q+1;/p-1. The van der Waals surface area contributed by atoms with Gasteiger partial charge >= 0.3 is 0 Å². The summed E-state index contributed by atoms with van der Waals surface area (Å²) in [6, 6.07) is 10.4. The summed E-state index contributed by atoms with van der Waals surface area (Å²) < 4.78 is 6.94. The number of hydrogen-bond acceptors (Lipinski definition) is 3. The second kappa shape index (κ2) is 8.26. The molecule has 2 rings (SSSR count). The summed E-state index contributed by atoms with van der Waals surface area (Å²) in [5.74, 6) is 1.71. The third-order valence-electron chi connectivity index (χ3n) is 4.53. The fourth-order valence-corrected chi connectivity index (χ4v) is 2.70. The second-order valence-corrected chi connectivity index (χ2v) is 5.52. The second-order valence-electron chi connectivity index (χ2n) is 5.52. The van der Waals surface area contributed by atoms with Crippen molar-refractivity contribution in [3.8, 4) is 11.3 Å². The van der Waals surface area contributed by atoms with Gasteiger partial charge in [-0.25, -0.2) is 0 Å². The van der Waals surface area contributed by atoms with Crippen LogP contribution in [-0.2, 0) is 6.54 Å². The van der Waals surface area contributed by atoms with E-state index >= 15 is 0 Å². The zero-order valence-corrected chi connectivity index (χ0v) is 15.4. The highest BCUT2D eigenvalue weighted by atomic mass is 79.9. The highest BCUT2D eigenvalue weighted by Gasteiger charge is 2.23. The topological polar surface area (TPSA) is 56.3 Å². The van der Waals surface area contributed by atoms with Crippen LogP contribution in [0.5, 0.6) is 0 Å². The minimum absolute atomic E-state index is 0. The number of nitro benzene ring substituents is 1. The number of quaternary nitrogens is 1. The first-order chi connectivity index (χ1) is 10.5. The van der Waals surface area contributed by atoms with Gasteiger partial charge in [0.1, 0.15) is 12.3 Å². The lowest BCUT2D eigenvalue weighted by Crippen LogP contribution is -3.00. The van der Waals surface area contributed by atoms with Crippen molar-refractivity contribution in [2.75, 3.05) is 19.6 Å². The molecule has 23 heavy (non-hydrogen) atoms. The Balaban J connectivity index is 0.00000264. The predicted molar refractivity (Wildman–Crippen MR) is 86.4 cm³/mol. The van der Waals surface area contributed by atoms with Crippen LogP contribution >= 0.6 is 0 Å². The normalized spacial score (nSPS) is 11.1. The molecule has 0 N–H and O–H groups in total. The van der Waals surface area contributed by atoms with Crippen LogP contribution in [0.3, 0.4) is 0 Å². The Morgan fingerprint density at radius 2 is 1.57 bits per heavy atom. The third kappa shape index (κ3) is 4.42. The fourth-order valence-electron chi connectivity index (χ4n) is 2.70. The summed E-state index contributed by atoms with van der Waals surface area (Å²) in [6.07, 6.45) is 0. The lowest BCUT2D eigenvalue weighted by Gasteiger charge is -2.34. The molecule has 1 aromatic carbocycles. The lowest BCUT2D eigenvalue weighted by atomic mass is 10.1. The van der Waals surface area contributed by atoms with Gasteiger partial charge in [0.05, 0.1) is 24.6 Å². The largest absolute Gasteiger partial charge is 1.00 e. The smallest absolute Gasteiger partial charge is 0.269 e. The number of furan rings is 1. The zero-order chi connectivity index (χ0) is 16.2. The minimum Gasteiger partial charge on any atom is -1.00 e. The summed E-state index contributed by atoms with van der Waals surface area (Å²) in [6.45, 7) is 10.7. The molecule has 0 amide bonds. The van der Waals surface area contributed by atoms with Crippen LogP contribution < -0.4 is 17.0 Å². The maximum atomic E-state index is 10.7. The monoisotopic (exact) mass is 382 g/mol. The van der Waals surface area contributed by atoms with E-state index in [0.717, 1.165) is 47.7 Å². The maximum Gasteiger partial charge on any atom is 0.269 e. The molecule has 0 aliphatic rings. The van der Waals surface area contributed by atoms with Crippen molar-refractivity contribution in [1.82, 2.24) is 0 Å².